The minimum absolute atomic E-state index is 0.144. The van der Waals surface area contributed by atoms with Crippen molar-refractivity contribution in [2.45, 2.75) is 6.92 Å². The number of hydrogen-bond acceptors (Lipinski definition) is 4. The molecular formula is C12H15N3O2. The fourth-order valence-corrected chi connectivity index (χ4v) is 1.35. The van der Waals surface area contributed by atoms with E-state index in [4.69, 9.17) is 10.00 Å². The lowest BCUT2D eigenvalue weighted by Crippen LogP contribution is -2.34. The predicted molar refractivity (Wildman–Crippen MR) is 62.4 cm³/mol. The van der Waals surface area contributed by atoms with Crippen LogP contribution in [0.15, 0.2) is 18.3 Å². The van der Waals surface area contributed by atoms with Crippen LogP contribution in [0.1, 0.15) is 23.0 Å². The quantitative estimate of drug-likeness (QED) is 0.762. The van der Waals surface area contributed by atoms with Crippen molar-refractivity contribution < 1.29 is 9.53 Å². The summed E-state index contributed by atoms with van der Waals surface area (Å²) in [5, 5.41) is 8.64. The molecule has 5 heteroatoms. The molecule has 5 nitrogen and oxygen atoms in total. The highest BCUT2D eigenvalue weighted by molar-refractivity contribution is 5.92. The molecule has 1 aromatic heterocycles. The van der Waals surface area contributed by atoms with Gasteiger partial charge in [0.15, 0.2) is 0 Å². The van der Waals surface area contributed by atoms with Gasteiger partial charge >= 0.3 is 0 Å². The molecule has 0 aliphatic heterocycles. The number of hydrogen-bond donors (Lipinski definition) is 0. The van der Waals surface area contributed by atoms with Crippen molar-refractivity contribution in [2.24, 2.45) is 0 Å². The Labute approximate surface area is 101 Å². The number of aromatic nitrogens is 1. The Balaban J connectivity index is 2.76. The van der Waals surface area contributed by atoms with Crippen molar-refractivity contribution in [1.29, 1.82) is 5.26 Å². The smallest absolute Gasteiger partial charge is 0.272 e. The summed E-state index contributed by atoms with van der Waals surface area (Å²) in [6, 6.07) is 5.12. The monoisotopic (exact) mass is 233 g/mol. The van der Waals surface area contributed by atoms with Crippen molar-refractivity contribution in [3.05, 3.63) is 29.6 Å². The second kappa shape index (κ2) is 6.61. The molecule has 90 valence electrons. The molecule has 0 saturated carbocycles. The van der Waals surface area contributed by atoms with Gasteiger partial charge in [-0.25, -0.2) is 4.98 Å². The van der Waals surface area contributed by atoms with Crippen LogP contribution in [0.4, 0.5) is 0 Å². The Morgan fingerprint density at radius 2 is 2.35 bits per heavy atom. The van der Waals surface area contributed by atoms with Crippen molar-refractivity contribution in [3.63, 3.8) is 0 Å². The number of methoxy groups -OCH3 is 1. The zero-order valence-electron chi connectivity index (χ0n) is 10.0. The standard InChI is InChI=1S/C12H15N3O2/c1-3-15(6-7-17-2)12(16)11-5-4-10(8-13)9-14-11/h4-5,9H,3,6-7H2,1-2H3. The minimum atomic E-state index is -0.144. The van der Waals surface area contributed by atoms with Gasteiger partial charge in [0.05, 0.1) is 12.2 Å². The summed E-state index contributed by atoms with van der Waals surface area (Å²) in [7, 11) is 1.60. The average Bonchev–Trinajstić information content (AvgIpc) is 2.39. The number of carbonyl (C=O) groups is 1. The van der Waals surface area contributed by atoms with Gasteiger partial charge in [-0.3, -0.25) is 4.79 Å². The number of rotatable bonds is 5. The molecule has 0 radical (unpaired) electrons. The third-order valence-electron chi connectivity index (χ3n) is 2.35. The Morgan fingerprint density at radius 1 is 1.59 bits per heavy atom. The Bertz CT molecular complexity index is 409. The third kappa shape index (κ3) is 3.54. The van der Waals surface area contributed by atoms with Crippen LogP contribution >= 0.6 is 0 Å². The summed E-state index contributed by atoms with van der Waals surface area (Å²) in [6.07, 6.45) is 1.40. The maximum atomic E-state index is 12.0. The van der Waals surface area contributed by atoms with E-state index < -0.39 is 0 Å². The summed E-state index contributed by atoms with van der Waals surface area (Å²) < 4.78 is 4.94. The number of nitrogens with zero attached hydrogens (tertiary/aromatic N) is 3. The van der Waals surface area contributed by atoms with Gasteiger partial charge in [-0.05, 0) is 19.1 Å². The fraction of sp³-hybridized carbons (Fsp3) is 0.417. The van der Waals surface area contributed by atoms with Crippen molar-refractivity contribution in [3.8, 4) is 6.07 Å². The van der Waals surface area contributed by atoms with Crippen LogP contribution in [0.2, 0.25) is 0 Å². The van der Waals surface area contributed by atoms with Gasteiger partial charge in [-0.15, -0.1) is 0 Å². The second-order valence-electron chi connectivity index (χ2n) is 3.42. The first-order valence-electron chi connectivity index (χ1n) is 5.37. The molecule has 17 heavy (non-hydrogen) atoms. The van der Waals surface area contributed by atoms with E-state index in [2.05, 4.69) is 4.98 Å². The first-order valence-corrected chi connectivity index (χ1v) is 5.37. The molecule has 0 aromatic carbocycles. The lowest BCUT2D eigenvalue weighted by atomic mass is 10.2. The topological polar surface area (TPSA) is 66.2 Å². The lowest BCUT2D eigenvalue weighted by Gasteiger charge is -2.19. The molecule has 0 unspecified atom stereocenters. The molecule has 0 spiro atoms. The first-order chi connectivity index (χ1) is 8.22. The van der Waals surface area contributed by atoms with Crippen LogP contribution in [0, 0.1) is 11.3 Å². The van der Waals surface area contributed by atoms with Gasteiger partial charge < -0.3 is 9.64 Å². The van der Waals surface area contributed by atoms with E-state index in [0.717, 1.165) is 0 Å². The molecule has 0 N–H and O–H groups in total. The van der Waals surface area contributed by atoms with Crippen LogP contribution < -0.4 is 0 Å². The number of amides is 1. The average molecular weight is 233 g/mol. The van der Waals surface area contributed by atoms with Gasteiger partial charge in [0.1, 0.15) is 11.8 Å². The number of pyridine rings is 1. The second-order valence-corrected chi connectivity index (χ2v) is 3.42. The Morgan fingerprint density at radius 3 is 2.82 bits per heavy atom. The SMILES string of the molecule is CCN(CCOC)C(=O)c1ccc(C#N)cn1. The summed E-state index contributed by atoms with van der Waals surface area (Å²) in [5.41, 5.74) is 0.795. The lowest BCUT2D eigenvalue weighted by molar-refractivity contribution is 0.0700. The predicted octanol–water partition coefficient (Wildman–Crippen LogP) is 1.06. The van der Waals surface area contributed by atoms with Crippen molar-refractivity contribution >= 4 is 5.91 Å². The van der Waals surface area contributed by atoms with Crippen molar-refractivity contribution in [2.75, 3.05) is 26.8 Å². The zero-order valence-corrected chi connectivity index (χ0v) is 10.0. The Kier molecular flexibility index (Phi) is 5.11. The van der Waals surface area contributed by atoms with Crippen LogP contribution in [0.5, 0.6) is 0 Å². The van der Waals surface area contributed by atoms with Crippen LogP contribution in [-0.2, 0) is 4.74 Å². The van der Waals surface area contributed by atoms with E-state index >= 15 is 0 Å². The molecular weight excluding hydrogens is 218 g/mol. The number of likely N-dealkylation sites (N-methyl/N-ethyl adjacent to an activating group) is 1. The highest BCUT2D eigenvalue weighted by Crippen LogP contribution is 2.03. The normalized spacial score (nSPS) is 9.71. The first kappa shape index (κ1) is 13.1. The maximum absolute atomic E-state index is 12.0. The van der Waals surface area contributed by atoms with Crippen LogP contribution in [0.3, 0.4) is 0 Å². The highest BCUT2D eigenvalue weighted by atomic mass is 16.5. The largest absolute Gasteiger partial charge is 0.383 e. The molecule has 1 heterocycles. The van der Waals surface area contributed by atoms with E-state index in [1.54, 1.807) is 24.1 Å². The summed E-state index contributed by atoms with van der Waals surface area (Å²) >= 11 is 0. The Hall–Kier alpha value is -1.93. The van der Waals surface area contributed by atoms with E-state index in [-0.39, 0.29) is 5.91 Å². The van der Waals surface area contributed by atoms with E-state index in [9.17, 15) is 4.79 Å². The number of nitriles is 1. The summed E-state index contributed by atoms with van der Waals surface area (Å²) in [5.74, 6) is -0.144. The van der Waals surface area contributed by atoms with Crippen LogP contribution in [-0.4, -0.2) is 42.6 Å². The molecule has 1 amide bonds. The number of carbonyl (C=O) groups excluding carboxylic acids is 1. The molecule has 1 rings (SSSR count). The minimum Gasteiger partial charge on any atom is -0.383 e. The van der Waals surface area contributed by atoms with Gasteiger partial charge in [0.25, 0.3) is 5.91 Å². The molecule has 0 atom stereocenters. The van der Waals surface area contributed by atoms with E-state index in [1.165, 1.54) is 6.20 Å². The maximum Gasteiger partial charge on any atom is 0.272 e. The fourth-order valence-electron chi connectivity index (χ4n) is 1.35. The van der Waals surface area contributed by atoms with Gasteiger partial charge in [0.2, 0.25) is 0 Å². The van der Waals surface area contributed by atoms with E-state index in [1.807, 2.05) is 13.0 Å². The van der Waals surface area contributed by atoms with Gasteiger partial charge in [0, 0.05) is 26.4 Å². The highest BCUT2D eigenvalue weighted by Gasteiger charge is 2.14. The third-order valence-corrected chi connectivity index (χ3v) is 2.35. The van der Waals surface area contributed by atoms with Crippen LogP contribution in [0.25, 0.3) is 0 Å². The number of ether oxygens (including phenoxy) is 1. The zero-order chi connectivity index (χ0) is 12.7. The molecule has 0 bridgehead atoms. The van der Waals surface area contributed by atoms with E-state index in [0.29, 0.717) is 31.0 Å². The molecule has 0 fully saturated rings. The molecule has 0 aliphatic carbocycles. The van der Waals surface area contributed by atoms with Gasteiger partial charge in [-0.1, -0.05) is 0 Å². The molecule has 0 saturated heterocycles. The van der Waals surface area contributed by atoms with Crippen molar-refractivity contribution in [1.82, 2.24) is 9.88 Å². The summed E-state index contributed by atoms with van der Waals surface area (Å²) in [4.78, 5) is 17.6. The summed E-state index contributed by atoms with van der Waals surface area (Å²) in [6.45, 7) is 3.53. The van der Waals surface area contributed by atoms with Gasteiger partial charge in [-0.2, -0.15) is 5.26 Å². The molecule has 1 aromatic rings. The molecule has 0 aliphatic rings.